The van der Waals surface area contributed by atoms with Crippen molar-refractivity contribution in [1.29, 1.82) is 0 Å². The SMILES string of the molecule is Cc1cc(Cl)cc(C(=O)Nc2cccc(F)c2)n1. The summed E-state index contributed by atoms with van der Waals surface area (Å²) in [7, 11) is 0. The Balaban J connectivity index is 2.22. The molecule has 1 amide bonds. The molecule has 2 aromatic rings. The van der Waals surface area contributed by atoms with Gasteiger partial charge in [0.1, 0.15) is 11.5 Å². The molecule has 1 N–H and O–H groups in total. The molecule has 1 heterocycles. The summed E-state index contributed by atoms with van der Waals surface area (Å²) in [4.78, 5) is 15.9. The number of nitrogens with one attached hydrogen (secondary N) is 1. The van der Waals surface area contributed by atoms with Crippen molar-refractivity contribution >= 4 is 23.2 Å². The molecule has 0 unspecified atom stereocenters. The number of hydrogen-bond acceptors (Lipinski definition) is 2. The van der Waals surface area contributed by atoms with E-state index in [-0.39, 0.29) is 5.69 Å². The molecule has 0 fully saturated rings. The highest BCUT2D eigenvalue weighted by atomic mass is 35.5. The zero-order valence-electron chi connectivity index (χ0n) is 9.58. The zero-order valence-corrected chi connectivity index (χ0v) is 10.3. The fourth-order valence-electron chi connectivity index (χ4n) is 1.50. The summed E-state index contributed by atoms with van der Waals surface area (Å²) < 4.78 is 13.0. The molecule has 0 bridgehead atoms. The van der Waals surface area contributed by atoms with Crippen LogP contribution in [0, 0.1) is 12.7 Å². The highest BCUT2D eigenvalue weighted by Crippen LogP contribution is 2.14. The van der Waals surface area contributed by atoms with E-state index in [0.717, 1.165) is 0 Å². The van der Waals surface area contributed by atoms with Crippen molar-refractivity contribution < 1.29 is 9.18 Å². The summed E-state index contributed by atoms with van der Waals surface area (Å²) in [5, 5.41) is 2.99. The molecule has 0 aliphatic carbocycles. The van der Waals surface area contributed by atoms with Crippen molar-refractivity contribution in [3.05, 3.63) is 58.6 Å². The number of pyridine rings is 1. The van der Waals surface area contributed by atoms with Gasteiger partial charge in [-0.15, -0.1) is 0 Å². The van der Waals surface area contributed by atoms with Crippen molar-refractivity contribution in [3.63, 3.8) is 0 Å². The van der Waals surface area contributed by atoms with Gasteiger partial charge in [0.05, 0.1) is 0 Å². The molecule has 5 heteroatoms. The molecule has 0 saturated heterocycles. The molecule has 1 aromatic heterocycles. The van der Waals surface area contributed by atoms with E-state index >= 15 is 0 Å². The monoisotopic (exact) mass is 264 g/mol. The summed E-state index contributed by atoms with van der Waals surface area (Å²) in [6.07, 6.45) is 0. The average Bonchev–Trinajstić information content (AvgIpc) is 2.27. The molecule has 18 heavy (non-hydrogen) atoms. The number of aryl methyl sites for hydroxylation is 1. The van der Waals surface area contributed by atoms with Crippen LogP contribution < -0.4 is 5.32 Å². The van der Waals surface area contributed by atoms with Crippen LogP contribution >= 0.6 is 11.6 Å². The number of rotatable bonds is 2. The van der Waals surface area contributed by atoms with Crippen LogP contribution in [0.4, 0.5) is 10.1 Å². The largest absolute Gasteiger partial charge is 0.321 e. The lowest BCUT2D eigenvalue weighted by Crippen LogP contribution is -2.14. The van der Waals surface area contributed by atoms with Crippen molar-refractivity contribution in [1.82, 2.24) is 4.98 Å². The normalized spacial score (nSPS) is 10.2. The molecule has 0 radical (unpaired) electrons. The maximum absolute atomic E-state index is 13.0. The number of carbonyl (C=O) groups excluding carboxylic acids is 1. The van der Waals surface area contributed by atoms with Crippen LogP contribution in [0.15, 0.2) is 36.4 Å². The van der Waals surface area contributed by atoms with Crippen molar-refractivity contribution in [2.24, 2.45) is 0 Å². The van der Waals surface area contributed by atoms with Gasteiger partial charge in [0.25, 0.3) is 5.91 Å². The van der Waals surface area contributed by atoms with Crippen LogP contribution in [0.3, 0.4) is 0 Å². The minimum absolute atomic E-state index is 0.198. The first kappa shape index (κ1) is 12.5. The van der Waals surface area contributed by atoms with E-state index in [2.05, 4.69) is 10.3 Å². The number of hydrogen-bond donors (Lipinski definition) is 1. The lowest BCUT2D eigenvalue weighted by atomic mass is 10.2. The summed E-state index contributed by atoms with van der Waals surface area (Å²) in [5.41, 5.74) is 1.22. The number of nitrogens with zero attached hydrogens (tertiary/aromatic N) is 1. The van der Waals surface area contributed by atoms with Crippen LogP contribution in [0.5, 0.6) is 0 Å². The fraction of sp³-hybridized carbons (Fsp3) is 0.0769. The quantitative estimate of drug-likeness (QED) is 0.903. The zero-order chi connectivity index (χ0) is 13.1. The van der Waals surface area contributed by atoms with Gasteiger partial charge in [-0.2, -0.15) is 0 Å². The van der Waals surface area contributed by atoms with Gasteiger partial charge in [-0.3, -0.25) is 4.79 Å². The molecule has 1 aromatic carbocycles. The summed E-state index contributed by atoms with van der Waals surface area (Å²) >= 11 is 5.84. The third-order valence-electron chi connectivity index (χ3n) is 2.23. The van der Waals surface area contributed by atoms with Crippen molar-refractivity contribution in [3.8, 4) is 0 Å². The van der Waals surface area contributed by atoms with E-state index in [1.54, 1.807) is 19.1 Å². The first-order valence-corrected chi connectivity index (χ1v) is 5.63. The van der Waals surface area contributed by atoms with Crippen LogP contribution in [-0.2, 0) is 0 Å². The van der Waals surface area contributed by atoms with E-state index < -0.39 is 11.7 Å². The molecule has 0 atom stereocenters. The number of aromatic nitrogens is 1. The Morgan fingerprint density at radius 2 is 2.11 bits per heavy atom. The lowest BCUT2D eigenvalue weighted by Gasteiger charge is -2.05. The lowest BCUT2D eigenvalue weighted by molar-refractivity contribution is 0.102. The van der Waals surface area contributed by atoms with Gasteiger partial charge >= 0.3 is 0 Å². The van der Waals surface area contributed by atoms with E-state index in [9.17, 15) is 9.18 Å². The molecule has 2 rings (SSSR count). The molecular weight excluding hydrogens is 255 g/mol. The topological polar surface area (TPSA) is 42.0 Å². The first-order valence-electron chi connectivity index (χ1n) is 5.26. The second-order valence-electron chi connectivity index (χ2n) is 3.78. The molecule has 0 spiro atoms. The number of benzene rings is 1. The number of anilines is 1. The van der Waals surface area contributed by atoms with Gasteiger partial charge in [0.15, 0.2) is 0 Å². The maximum Gasteiger partial charge on any atom is 0.274 e. The Morgan fingerprint density at radius 1 is 1.33 bits per heavy atom. The van der Waals surface area contributed by atoms with E-state index in [1.807, 2.05) is 0 Å². The van der Waals surface area contributed by atoms with E-state index in [1.165, 1.54) is 24.3 Å². The first-order chi connectivity index (χ1) is 8.54. The smallest absolute Gasteiger partial charge is 0.274 e. The Kier molecular flexibility index (Phi) is 3.58. The molecule has 0 aliphatic rings. The number of carbonyl (C=O) groups is 1. The van der Waals surface area contributed by atoms with Gasteiger partial charge < -0.3 is 5.32 Å². The highest BCUT2D eigenvalue weighted by Gasteiger charge is 2.09. The second kappa shape index (κ2) is 5.14. The van der Waals surface area contributed by atoms with Gasteiger partial charge in [-0.1, -0.05) is 17.7 Å². The molecule has 3 nitrogen and oxygen atoms in total. The van der Waals surface area contributed by atoms with Crippen molar-refractivity contribution in [2.75, 3.05) is 5.32 Å². The summed E-state index contributed by atoms with van der Waals surface area (Å²) in [6.45, 7) is 1.74. The third kappa shape index (κ3) is 3.05. The van der Waals surface area contributed by atoms with Crippen molar-refractivity contribution in [2.45, 2.75) is 6.92 Å². The van der Waals surface area contributed by atoms with E-state index in [0.29, 0.717) is 16.4 Å². The Morgan fingerprint density at radius 3 is 2.78 bits per heavy atom. The standard InChI is InChI=1S/C13H10ClFN2O/c1-8-5-9(14)6-12(16-8)13(18)17-11-4-2-3-10(15)7-11/h2-7H,1H3,(H,17,18). The minimum Gasteiger partial charge on any atom is -0.321 e. The Labute approximate surface area is 109 Å². The van der Waals surface area contributed by atoms with Gasteiger partial charge in [0.2, 0.25) is 0 Å². The molecule has 0 aliphatic heterocycles. The molecular formula is C13H10ClFN2O. The second-order valence-corrected chi connectivity index (χ2v) is 4.21. The highest BCUT2D eigenvalue weighted by molar-refractivity contribution is 6.31. The van der Waals surface area contributed by atoms with Crippen LogP contribution in [0.25, 0.3) is 0 Å². The number of halogens is 2. The Bertz CT molecular complexity index is 581. The summed E-state index contributed by atoms with van der Waals surface area (Å²) in [5.74, 6) is -0.839. The Hall–Kier alpha value is -1.94. The van der Waals surface area contributed by atoms with E-state index in [4.69, 9.17) is 11.6 Å². The van der Waals surface area contributed by atoms with Crippen LogP contribution in [0.2, 0.25) is 5.02 Å². The van der Waals surface area contributed by atoms with Gasteiger partial charge in [-0.05, 0) is 37.3 Å². The fourth-order valence-corrected chi connectivity index (χ4v) is 1.77. The third-order valence-corrected chi connectivity index (χ3v) is 2.45. The van der Waals surface area contributed by atoms with Gasteiger partial charge in [0, 0.05) is 16.4 Å². The van der Waals surface area contributed by atoms with Crippen LogP contribution in [-0.4, -0.2) is 10.9 Å². The molecule has 92 valence electrons. The van der Waals surface area contributed by atoms with Gasteiger partial charge in [-0.25, -0.2) is 9.37 Å². The van der Waals surface area contributed by atoms with Crippen LogP contribution in [0.1, 0.15) is 16.2 Å². The molecule has 0 saturated carbocycles. The minimum atomic E-state index is -0.425. The predicted octanol–water partition coefficient (Wildman–Crippen LogP) is 3.43. The maximum atomic E-state index is 13.0. The summed E-state index contributed by atoms with van der Waals surface area (Å²) in [6, 6.07) is 8.76. The average molecular weight is 265 g/mol. The number of amides is 1. The predicted molar refractivity (Wildman–Crippen MR) is 68.3 cm³/mol.